The first-order chi connectivity index (χ1) is 14.1. The zero-order chi connectivity index (χ0) is 20.0. The first-order valence-corrected chi connectivity index (χ1v) is 9.53. The average molecular weight is 390 g/mol. The van der Waals surface area contributed by atoms with Gasteiger partial charge in [0, 0.05) is 25.0 Å². The highest BCUT2D eigenvalue weighted by Gasteiger charge is 2.16. The lowest BCUT2D eigenvalue weighted by molar-refractivity contribution is 0.0825. The molecule has 5 rings (SSSR count). The van der Waals surface area contributed by atoms with Crippen LogP contribution in [0.2, 0.25) is 0 Å². The lowest BCUT2D eigenvalue weighted by Gasteiger charge is -2.10. The Morgan fingerprint density at radius 3 is 2.90 bits per heavy atom. The van der Waals surface area contributed by atoms with Gasteiger partial charge in [-0.05, 0) is 36.8 Å². The Hall–Kier alpha value is -3.39. The van der Waals surface area contributed by atoms with Crippen LogP contribution in [0.4, 0.5) is 0 Å². The number of fused-ring (bicyclic) bond motifs is 4. The Bertz CT molecular complexity index is 1230. The predicted octanol–water partition coefficient (Wildman–Crippen LogP) is 3.08. The molecule has 3 aromatic heterocycles. The van der Waals surface area contributed by atoms with Gasteiger partial charge in [0.15, 0.2) is 0 Å². The second-order valence-electron chi connectivity index (χ2n) is 7.16. The van der Waals surface area contributed by atoms with E-state index in [0.29, 0.717) is 19.8 Å². The summed E-state index contributed by atoms with van der Waals surface area (Å²) in [6, 6.07) is 6.21. The van der Waals surface area contributed by atoms with E-state index in [2.05, 4.69) is 38.6 Å². The Morgan fingerprint density at radius 2 is 2.00 bits per heavy atom. The van der Waals surface area contributed by atoms with Gasteiger partial charge in [0.2, 0.25) is 5.88 Å². The summed E-state index contributed by atoms with van der Waals surface area (Å²) in [6.07, 6.45) is 5.92. The molecule has 8 heteroatoms. The molecule has 0 atom stereocenters. The number of nitrogens with zero attached hydrogens (tertiary/aromatic N) is 5. The molecule has 0 unspecified atom stereocenters. The standard InChI is InChI=1S/C21H22N6O2/c1-13-15-5-7-19-16-10-14(4-6-18(16)23-24-19)17-11-22-27(3)21(17)29-9-8-28-12-20(15)26(2)25-13/h4-7,10-11H,8-9,12H2,1-3H3,(H,23,24)/b7-5+. The van der Waals surface area contributed by atoms with Crippen molar-refractivity contribution in [2.75, 3.05) is 13.2 Å². The number of rotatable bonds is 0. The molecular formula is C21H22N6O2. The summed E-state index contributed by atoms with van der Waals surface area (Å²) in [6.45, 7) is 3.37. The van der Waals surface area contributed by atoms with E-state index in [4.69, 9.17) is 9.47 Å². The third-order valence-corrected chi connectivity index (χ3v) is 5.29. The van der Waals surface area contributed by atoms with Gasteiger partial charge in [-0.15, -0.1) is 0 Å². The molecule has 4 aromatic rings. The van der Waals surface area contributed by atoms with E-state index in [-0.39, 0.29) is 0 Å². The molecule has 1 aliphatic rings. The van der Waals surface area contributed by atoms with E-state index in [1.807, 2.05) is 44.0 Å². The van der Waals surface area contributed by atoms with Gasteiger partial charge >= 0.3 is 0 Å². The van der Waals surface area contributed by atoms with Gasteiger partial charge in [-0.3, -0.25) is 9.78 Å². The van der Waals surface area contributed by atoms with Crippen LogP contribution in [-0.2, 0) is 25.4 Å². The summed E-state index contributed by atoms with van der Waals surface area (Å²) in [7, 11) is 3.81. The highest BCUT2D eigenvalue weighted by molar-refractivity contribution is 5.93. The predicted molar refractivity (Wildman–Crippen MR) is 110 cm³/mol. The van der Waals surface area contributed by atoms with Crippen LogP contribution in [0.5, 0.6) is 5.88 Å². The maximum atomic E-state index is 6.02. The van der Waals surface area contributed by atoms with Gasteiger partial charge in [0.25, 0.3) is 0 Å². The molecule has 0 aliphatic carbocycles. The molecule has 1 N–H and O–H groups in total. The van der Waals surface area contributed by atoms with Crippen LogP contribution in [-0.4, -0.2) is 43.0 Å². The fourth-order valence-electron chi connectivity index (χ4n) is 3.76. The molecule has 29 heavy (non-hydrogen) atoms. The van der Waals surface area contributed by atoms with Crippen LogP contribution < -0.4 is 4.74 Å². The Labute approximate surface area is 167 Å². The minimum Gasteiger partial charge on any atom is -0.475 e. The van der Waals surface area contributed by atoms with E-state index in [9.17, 15) is 0 Å². The summed E-state index contributed by atoms with van der Waals surface area (Å²) in [5.41, 5.74) is 6.88. The van der Waals surface area contributed by atoms with Crippen molar-refractivity contribution in [3.05, 3.63) is 47.0 Å². The summed E-state index contributed by atoms with van der Waals surface area (Å²) < 4.78 is 15.5. The fraction of sp³-hybridized carbons (Fsp3) is 0.286. The Balaban J connectivity index is 1.67. The van der Waals surface area contributed by atoms with Crippen molar-refractivity contribution in [2.24, 2.45) is 14.1 Å². The molecule has 0 saturated heterocycles. The molecule has 2 bridgehead atoms. The van der Waals surface area contributed by atoms with E-state index in [1.54, 1.807) is 4.68 Å². The molecule has 0 fully saturated rings. The molecule has 0 spiro atoms. The number of hydrogen-bond acceptors (Lipinski definition) is 5. The summed E-state index contributed by atoms with van der Waals surface area (Å²) in [5.74, 6) is 0.723. The zero-order valence-corrected chi connectivity index (χ0v) is 16.6. The van der Waals surface area contributed by atoms with Crippen LogP contribution in [0.3, 0.4) is 0 Å². The third-order valence-electron chi connectivity index (χ3n) is 5.29. The van der Waals surface area contributed by atoms with Crippen molar-refractivity contribution in [3.8, 4) is 17.0 Å². The molecule has 0 radical (unpaired) electrons. The van der Waals surface area contributed by atoms with E-state index >= 15 is 0 Å². The van der Waals surface area contributed by atoms with Gasteiger partial charge in [0.05, 0.1) is 47.6 Å². The van der Waals surface area contributed by atoms with Crippen molar-refractivity contribution in [3.63, 3.8) is 0 Å². The molecular weight excluding hydrogens is 368 g/mol. The van der Waals surface area contributed by atoms with E-state index in [1.165, 1.54) is 0 Å². The second-order valence-corrected chi connectivity index (χ2v) is 7.16. The van der Waals surface area contributed by atoms with E-state index < -0.39 is 0 Å². The van der Waals surface area contributed by atoms with Crippen LogP contribution >= 0.6 is 0 Å². The first kappa shape index (κ1) is 17.7. The quantitative estimate of drug-likeness (QED) is 0.499. The normalized spacial score (nSPS) is 15.4. The number of hydrogen-bond donors (Lipinski definition) is 1. The molecule has 1 aromatic carbocycles. The van der Waals surface area contributed by atoms with Crippen molar-refractivity contribution in [1.29, 1.82) is 0 Å². The number of aromatic nitrogens is 6. The van der Waals surface area contributed by atoms with Crippen molar-refractivity contribution in [2.45, 2.75) is 13.5 Å². The Kier molecular flexibility index (Phi) is 4.21. The first-order valence-electron chi connectivity index (χ1n) is 9.53. The number of nitrogens with one attached hydrogen (secondary N) is 1. The highest BCUT2D eigenvalue weighted by atomic mass is 16.5. The number of H-pyrrole nitrogens is 1. The van der Waals surface area contributed by atoms with Crippen LogP contribution in [0.1, 0.15) is 22.6 Å². The maximum Gasteiger partial charge on any atom is 0.219 e. The lowest BCUT2D eigenvalue weighted by atomic mass is 10.0. The number of aromatic amines is 1. The van der Waals surface area contributed by atoms with Gasteiger partial charge in [-0.1, -0.05) is 6.07 Å². The van der Waals surface area contributed by atoms with Crippen LogP contribution in [0.25, 0.3) is 34.2 Å². The number of ether oxygens (including phenoxy) is 2. The van der Waals surface area contributed by atoms with Crippen molar-refractivity contribution < 1.29 is 9.47 Å². The molecule has 1 aliphatic heterocycles. The molecule has 0 amide bonds. The van der Waals surface area contributed by atoms with Gasteiger partial charge in [-0.2, -0.15) is 15.3 Å². The zero-order valence-electron chi connectivity index (χ0n) is 16.6. The number of aryl methyl sites for hydroxylation is 3. The van der Waals surface area contributed by atoms with Gasteiger partial charge < -0.3 is 9.47 Å². The molecule has 148 valence electrons. The number of benzene rings is 1. The molecule has 8 nitrogen and oxygen atoms in total. The van der Waals surface area contributed by atoms with Gasteiger partial charge in [-0.25, -0.2) is 4.68 Å². The maximum absolute atomic E-state index is 6.02. The van der Waals surface area contributed by atoms with Crippen LogP contribution in [0.15, 0.2) is 24.4 Å². The molecule has 0 saturated carbocycles. The van der Waals surface area contributed by atoms with Crippen LogP contribution in [0, 0.1) is 6.92 Å². The minimum atomic E-state index is 0.438. The SMILES string of the molecule is Cc1nn(C)c2c1/C=C/c1n[nH]c3ccc(cc13)-c1cnn(C)c1OCCOC2. The smallest absolute Gasteiger partial charge is 0.219 e. The summed E-state index contributed by atoms with van der Waals surface area (Å²) >= 11 is 0. The summed E-state index contributed by atoms with van der Waals surface area (Å²) in [5, 5.41) is 17.6. The monoisotopic (exact) mass is 390 g/mol. The topological polar surface area (TPSA) is 82.8 Å². The lowest BCUT2D eigenvalue weighted by Crippen LogP contribution is -2.11. The van der Waals surface area contributed by atoms with E-state index in [0.717, 1.165) is 50.6 Å². The van der Waals surface area contributed by atoms with Crippen molar-refractivity contribution >= 4 is 23.1 Å². The van der Waals surface area contributed by atoms with Gasteiger partial charge in [0.1, 0.15) is 6.61 Å². The third kappa shape index (κ3) is 3.01. The Morgan fingerprint density at radius 1 is 1.10 bits per heavy atom. The second kappa shape index (κ2) is 6.89. The van der Waals surface area contributed by atoms with Crippen molar-refractivity contribution in [1.82, 2.24) is 29.8 Å². The largest absolute Gasteiger partial charge is 0.475 e. The fourth-order valence-corrected chi connectivity index (χ4v) is 3.76. The minimum absolute atomic E-state index is 0.438. The average Bonchev–Trinajstić information content (AvgIpc) is 3.35. The summed E-state index contributed by atoms with van der Waals surface area (Å²) in [4.78, 5) is 0. The molecule has 4 heterocycles. The highest BCUT2D eigenvalue weighted by Crippen LogP contribution is 2.32.